The van der Waals surface area contributed by atoms with Gasteiger partial charge in [0, 0.05) is 4.88 Å². The topological polar surface area (TPSA) is 46.5 Å². The normalized spacial score (nSPS) is 19.2. The van der Waals surface area contributed by atoms with Crippen molar-refractivity contribution in [1.29, 1.82) is 0 Å². The first-order valence-corrected chi connectivity index (χ1v) is 6.01. The summed E-state index contributed by atoms with van der Waals surface area (Å²) >= 11 is 1.60. The number of hydrogen-bond acceptors (Lipinski definition) is 3. The van der Waals surface area contributed by atoms with Crippen LogP contribution in [0, 0.1) is 0 Å². The van der Waals surface area contributed by atoms with Gasteiger partial charge in [-0.05, 0) is 37.1 Å². The Kier molecular flexibility index (Phi) is 3.07. The van der Waals surface area contributed by atoms with E-state index in [9.17, 15) is 9.90 Å². The third-order valence-corrected chi connectivity index (χ3v) is 3.72. The van der Waals surface area contributed by atoms with Crippen molar-refractivity contribution in [2.24, 2.45) is 0 Å². The summed E-state index contributed by atoms with van der Waals surface area (Å²) in [6.45, 7) is 0.421. The molecule has 1 aliphatic carbocycles. The molecule has 1 N–H and O–H groups in total. The molecule has 3 nitrogen and oxygen atoms in total. The highest BCUT2D eigenvalue weighted by Gasteiger charge is 2.42. The average Bonchev–Trinajstić information content (AvgIpc) is 2.87. The Bertz CT molecular complexity index is 326. The summed E-state index contributed by atoms with van der Waals surface area (Å²) in [5, 5.41) is 11.1. The standard InChI is InChI=1S/C11H14O3S/c12-10(13)11(5-1-2-6-11)14-8-9-4-3-7-15-9/h3-4,7H,1-2,5-6,8H2,(H,12,13). The highest BCUT2D eigenvalue weighted by atomic mass is 32.1. The van der Waals surface area contributed by atoms with E-state index in [4.69, 9.17) is 4.74 Å². The fourth-order valence-electron chi connectivity index (χ4n) is 1.97. The van der Waals surface area contributed by atoms with E-state index in [-0.39, 0.29) is 0 Å². The lowest BCUT2D eigenvalue weighted by Crippen LogP contribution is -2.38. The quantitative estimate of drug-likeness (QED) is 0.858. The fraction of sp³-hybridized carbons (Fsp3) is 0.545. The zero-order chi connectivity index (χ0) is 10.7. The minimum absolute atomic E-state index is 0.421. The van der Waals surface area contributed by atoms with Gasteiger partial charge in [-0.15, -0.1) is 11.3 Å². The summed E-state index contributed by atoms with van der Waals surface area (Å²) in [6, 6.07) is 3.92. The molecule has 1 aromatic heterocycles. The lowest BCUT2D eigenvalue weighted by molar-refractivity contribution is -0.166. The molecule has 15 heavy (non-hydrogen) atoms. The first kappa shape index (κ1) is 10.6. The van der Waals surface area contributed by atoms with Gasteiger partial charge in [0.05, 0.1) is 6.61 Å². The molecule has 1 fully saturated rings. The smallest absolute Gasteiger partial charge is 0.335 e. The van der Waals surface area contributed by atoms with Crippen molar-refractivity contribution < 1.29 is 14.6 Å². The van der Waals surface area contributed by atoms with Crippen molar-refractivity contribution in [2.45, 2.75) is 37.9 Å². The van der Waals surface area contributed by atoms with Gasteiger partial charge in [-0.1, -0.05) is 6.07 Å². The Morgan fingerprint density at radius 3 is 2.80 bits per heavy atom. The summed E-state index contributed by atoms with van der Waals surface area (Å²) in [5.74, 6) is -0.809. The number of rotatable bonds is 4. The summed E-state index contributed by atoms with van der Waals surface area (Å²) < 4.78 is 5.61. The second-order valence-corrected chi connectivity index (χ2v) is 4.91. The van der Waals surface area contributed by atoms with Crippen LogP contribution >= 0.6 is 11.3 Å². The lowest BCUT2D eigenvalue weighted by Gasteiger charge is -2.23. The molecule has 0 atom stereocenters. The Hall–Kier alpha value is -0.870. The van der Waals surface area contributed by atoms with E-state index in [0.29, 0.717) is 19.4 Å². The van der Waals surface area contributed by atoms with Crippen LogP contribution in [0.25, 0.3) is 0 Å². The van der Waals surface area contributed by atoms with Crippen molar-refractivity contribution >= 4 is 17.3 Å². The maximum absolute atomic E-state index is 11.2. The van der Waals surface area contributed by atoms with Gasteiger partial charge in [0.15, 0.2) is 5.60 Å². The minimum atomic E-state index is -0.913. The number of aliphatic carboxylic acids is 1. The second-order valence-electron chi connectivity index (χ2n) is 3.87. The maximum atomic E-state index is 11.2. The van der Waals surface area contributed by atoms with Crippen molar-refractivity contribution in [3.05, 3.63) is 22.4 Å². The minimum Gasteiger partial charge on any atom is -0.479 e. The van der Waals surface area contributed by atoms with Crippen LogP contribution in [0.3, 0.4) is 0 Å². The Morgan fingerprint density at radius 1 is 1.53 bits per heavy atom. The molecule has 0 aliphatic heterocycles. The van der Waals surface area contributed by atoms with Gasteiger partial charge in [0.25, 0.3) is 0 Å². The zero-order valence-electron chi connectivity index (χ0n) is 8.44. The van der Waals surface area contributed by atoms with Crippen LogP contribution in [0.15, 0.2) is 17.5 Å². The molecule has 1 aliphatic rings. The third-order valence-electron chi connectivity index (χ3n) is 2.87. The molecule has 1 heterocycles. The number of thiophene rings is 1. The zero-order valence-corrected chi connectivity index (χ0v) is 9.26. The van der Waals surface area contributed by atoms with E-state index in [1.54, 1.807) is 11.3 Å². The Morgan fingerprint density at radius 2 is 2.27 bits per heavy atom. The predicted molar refractivity (Wildman–Crippen MR) is 57.9 cm³/mol. The average molecular weight is 226 g/mol. The van der Waals surface area contributed by atoms with Gasteiger partial charge in [-0.2, -0.15) is 0 Å². The third kappa shape index (κ3) is 2.21. The van der Waals surface area contributed by atoms with Gasteiger partial charge < -0.3 is 9.84 Å². The van der Waals surface area contributed by atoms with E-state index >= 15 is 0 Å². The molecule has 0 saturated heterocycles. The largest absolute Gasteiger partial charge is 0.479 e. The molecular formula is C11H14O3S. The van der Waals surface area contributed by atoms with Crippen molar-refractivity contribution in [2.75, 3.05) is 0 Å². The van der Waals surface area contributed by atoms with Crippen LogP contribution < -0.4 is 0 Å². The highest BCUT2D eigenvalue weighted by Crippen LogP contribution is 2.34. The number of hydrogen-bond donors (Lipinski definition) is 1. The number of carbonyl (C=O) groups is 1. The molecule has 1 aromatic rings. The Labute approximate surface area is 92.7 Å². The molecule has 0 unspecified atom stereocenters. The monoisotopic (exact) mass is 226 g/mol. The molecule has 0 spiro atoms. The van der Waals surface area contributed by atoms with Crippen molar-refractivity contribution in [3.63, 3.8) is 0 Å². The van der Waals surface area contributed by atoms with Crippen LogP contribution in [-0.2, 0) is 16.1 Å². The van der Waals surface area contributed by atoms with Gasteiger partial charge >= 0.3 is 5.97 Å². The first-order chi connectivity index (χ1) is 7.23. The van der Waals surface area contributed by atoms with Crippen molar-refractivity contribution in [3.8, 4) is 0 Å². The second kappa shape index (κ2) is 4.33. The van der Waals surface area contributed by atoms with Crippen LogP contribution in [0.2, 0.25) is 0 Å². The van der Waals surface area contributed by atoms with Gasteiger partial charge in [-0.25, -0.2) is 4.79 Å². The molecular weight excluding hydrogens is 212 g/mol. The van der Waals surface area contributed by atoms with Crippen LogP contribution in [0.5, 0.6) is 0 Å². The molecule has 82 valence electrons. The molecule has 0 bridgehead atoms. The number of carboxylic acid groups (broad SMARTS) is 1. The molecule has 0 amide bonds. The van der Waals surface area contributed by atoms with Crippen LogP contribution in [-0.4, -0.2) is 16.7 Å². The van der Waals surface area contributed by atoms with Crippen LogP contribution in [0.4, 0.5) is 0 Å². The predicted octanol–water partition coefficient (Wildman–Crippen LogP) is 2.66. The highest BCUT2D eigenvalue weighted by molar-refractivity contribution is 7.09. The molecule has 0 aromatic carbocycles. The van der Waals surface area contributed by atoms with E-state index in [0.717, 1.165) is 17.7 Å². The van der Waals surface area contributed by atoms with E-state index < -0.39 is 11.6 Å². The van der Waals surface area contributed by atoms with Gasteiger partial charge in [-0.3, -0.25) is 0 Å². The van der Waals surface area contributed by atoms with E-state index in [1.807, 2.05) is 17.5 Å². The van der Waals surface area contributed by atoms with Crippen LogP contribution in [0.1, 0.15) is 30.6 Å². The maximum Gasteiger partial charge on any atom is 0.335 e. The molecule has 2 rings (SSSR count). The van der Waals surface area contributed by atoms with Crippen molar-refractivity contribution in [1.82, 2.24) is 0 Å². The fourth-order valence-corrected chi connectivity index (χ4v) is 2.59. The van der Waals surface area contributed by atoms with E-state index in [1.165, 1.54) is 0 Å². The summed E-state index contributed by atoms with van der Waals surface area (Å²) in [6.07, 6.45) is 3.20. The van der Waals surface area contributed by atoms with E-state index in [2.05, 4.69) is 0 Å². The first-order valence-electron chi connectivity index (χ1n) is 5.13. The number of ether oxygens (including phenoxy) is 1. The summed E-state index contributed by atoms with van der Waals surface area (Å²) in [7, 11) is 0. The Balaban J connectivity index is 1.99. The summed E-state index contributed by atoms with van der Waals surface area (Å²) in [4.78, 5) is 12.2. The molecule has 1 saturated carbocycles. The number of carboxylic acids is 1. The SMILES string of the molecule is O=C(O)C1(OCc2cccs2)CCCC1. The lowest BCUT2D eigenvalue weighted by atomic mass is 10.0. The summed E-state index contributed by atoms with van der Waals surface area (Å²) in [5.41, 5.74) is -0.913. The molecule has 0 radical (unpaired) electrons. The molecule has 4 heteroatoms. The van der Waals surface area contributed by atoms with Gasteiger partial charge in [0.1, 0.15) is 0 Å². The van der Waals surface area contributed by atoms with Gasteiger partial charge in [0.2, 0.25) is 0 Å².